The van der Waals surface area contributed by atoms with Gasteiger partial charge in [-0.1, -0.05) is 0 Å². The molecule has 2 saturated heterocycles. The van der Waals surface area contributed by atoms with E-state index in [-0.39, 0.29) is 36.2 Å². The van der Waals surface area contributed by atoms with Crippen LogP contribution in [0.1, 0.15) is 47.0 Å². The number of carbonyl (C=O) groups excluding carboxylic acids is 2. The lowest BCUT2D eigenvalue weighted by atomic mass is 10.2. The molecule has 0 aromatic carbocycles. The lowest BCUT2D eigenvalue weighted by molar-refractivity contribution is -0.0585. The first-order valence-electron chi connectivity index (χ1n) is 8.82. The van der Waals surface area contributed by atoms with Gasteiger partial charge in [-0.2, -0.15) is 0 Å². The van der Waals surface area contributed by atoms with Crippen molar-refractivity contribution >= 4 is 23.2 Å². The Morgan fingerprint density at radius 2 is 1.12 bits per heavy atom. The predicted octanol–water partition coefficient (Wildman–Crippen LogP) is 2.25. The second-order valence-electron chi connectivity index (χ2n) is 7.10. The molecular weight excluding hydrogens is 340 g/mol. The van der Waals surface area contributed by atoms with Gasteiger partial charge in [0.15, 0.2) is 0 Å². The molecule has 0 radical (unpaired) electrons. The van der Waals surface area contributed by atoms with Gasteiger partial charge in [-0.15, -0.1) is 11.3 Å². The third-order valence-electron chi connectivity index (χ3n) is 4.44. The highest BCUT2D eigenvalue weighted by Crippen LogP contribution is 2.23. The Balaban J connectivity index is 1.69. The van der Waals surface area contributed by atoms with Crippen LogP contribution in [-0.4, -0.2) is 72.2 Å². The molecule has 25 heavy (non-hydrogen) atoms. The van der Waals surface area contributed by atoms with Crippen LogP contribution < -0.4 is 0 Å². The van der Waals surface area contributed by atoms with E-state index in [0.29, 0.717) is 35.9 Å². The van der Waals surface area contributed by atoms with Crippen LogP contribution in [0.3, 0.4) is 0 Å². The van der Waals surface area contributed by atoms with Crippen molar-refractivity contribution in [2.75, 3.05) is 26.2 Å². The predicted molar refractivity (Wildman–Crippen MR) is 96.1 cm³/mol. The van der Waals surface area contributed by atoms with Gasteiger partial charge < -0.3 is 19.3 Å². The van der Waals surface area contributed by atoms with E-state index in [0.717, 1.165) is 0 Å². The van der Waals surface area contributed by atoms with Crippen molar-refractivity contribution in [1.29, 1.82) is 0 Å². The van der Waals surface area contributed by atoms with Gasteiger partial charge in [0.1, 0.15) is 0 Å². The maximum Gasteiger partial charge on any atom is 0.264 e. The zero-order valence-electron chi connectivity index (χ0n) is 15.2. The number of thiophene rings is 1. The molecule has 1 aromatic rings. The minimum Gasteiger partial charge on any atom is -0.372 e. The van der Waals surface area contributed by atoms with Crippen molar-refractivity contribution < 1.29 is 19.1 Å². The molecule has 0 aliphatic carbocycles. The first-order valence-corrected chi connectivity index (χ1v) is 9.64. The summed E-state index contributed by atoms with van der Waals surface area (Å²) in [6.45, 7) is 10.2. The van der Waals surface area contributed by atoms with Crippen molar-refractivity contribution in [3.8, 4) is 0 Å². The van der Waals surface area contributed by atoms with Gasteiger partial charge >= 0.3 is 0 Å². The van der Waals surface area contributed by atoms with E-state index in [1.54, 1.807) is 12.1 Å². The average Bonchev–Trinajstić information content (AvgIpc) is 3.01. The highest BCUT2D eigenvalue weighted by Gasteiger charge is 2.30. The van der Waals surface area contributed by atoms with Crippen LogP contribution in [0.15, 0.2) is 12.1 Å². The molecule has 3 heterocycles. The molecule has 3 rings (SSSR count). The third-order valence-corrected chi connectivity index (χ3v) is 5.50. The van der Waals surface area contributed by atoms with Crippen LogP contribution >= 0.6 is 11.3 Å². The fraction of sp³-hybridized carbons (Fsp3) is 0.667. The molecular formula is C18H26N2O4S. The highest BCUT2D eigenvalue weighted by atomic mass is 32.1. The molecule has 2 aliphatic heterocycles. The molecule has 0 N–H and O–H groups in total. The molecule has 7 heteroatoms. The van der Waals surface area contributed by atoms with E-state index in [9.17, 15) is 9.59 Å². The van der Waals surface area contributed by atoms with E-state index >= 15 is 0 Å². The fourth-order valence-corrected chi connectivity index (χ4v) is 4.51. The second kappa shape index (κ2) is 7.43. The normalized spacial score (nSPS) is 30.4. The maximum atomic E-state index is 12.7. The van der Waals surface area contributed by atoms with E-state index in [1.807, 2.05) is 37.5 Å². The number of morpholine rings is 2. The standard InChI is InChI=1S/C18H26N2O4S/c1-11-7-19(8-12(2)23-11)17(21)15-5-6-16(25-15)18(22)20-9-13(3)24-14(4)10-20/h5-6,11-14H,7-10H2,1-4H3. The van der Waals surface area contributed by atoms with E-state index in [2.05, 4.69) is 0 Å². The molecule has 2 fully saturated rings. The Morgan fingerprint density at radius 1 is 0.800 bits per heavy atom. The van der Waals surface area contributed by atoms with Crippen LogP contribution in [0.2, 0.25) is 0 Å². The molecule has 4 unspecified atom stereocenters. The number of rotatable bonds is 2. The topological polar surface area (TPSA) is 59.1 Å². The van der Waals surface area contributed by atoms with Gasteiger partial charge in [-0.3, -0.25) is 9.59 Å². The molecule has 0 saturated carbocycles. The van der Waals surface area contributed by atoms with Crippen LogP contribution in [-0.2, 0) is 9.47 Å². The highest BCUT2D eigenvalue weighted by molar-refractivity contribution is 7.15. The Morgan fingerprint density at radius 3 is 1.44 bits per heavy atom. The van der Waals surface area contributed by atoms with Crippen LogP contribution in [0.4, 0.5) is 0 Å². The summed E-state index contributed by atoms with van der Waals surface area (Å²) in [6, 6.07) is 3.52. The van der Waals surface area contributed by atoms with Gasteiger partial charge in [0.05, 0.1) is 34.2 Å². The molecule has 0 spiro atoms. The Kier molecular flexibility index (Phi) is 5.46. The Hall–Kier alpha value is -1.44. The lowest BCUT2D eigenvalue weighted by Crippen LogP contribution is -2.48. The summed E-state index contributed by atoms with van der Waals surface area (Å²) in [7, 11) is 0. The Bertz CT molecular complexity index is 574. The number of ether oxygens (including phenoxy) is 2. The minimum absolute atomic E-state index is 0.0187. The zero-order chi connectivity index (χ0) is 18.1. The van der Waals surface area contributed by atoms with E-state index < -0.39 is 0 Å². The maximum absolute atomic E-state index is 12.7. The lowest BCUT2D eigenvalue weighted by Gasteiger charge is -2.35. The van der Waals surface area contributed by atoms with Crippen LogP contribution in [0, 0.1) is 0 Å². The summed E-state index contributed by atoms with van der Waals surface area (Å²) in [5.41, 5.74) is 0. The van der Waals surface area contributed by atoms with Crippen molar-refractivity contribution in [3.63, 3.8) is 0 Å². The summed E-state index contributed by atoms with van der Waals surface area (Å²) in [6.07, 6.45) is 0.130. The van der Waals surface area contributed by atoms with Gasteiger partial charge in [0.25, 0.3) is 11.8 Å². The van der Waals surface area contributed by atoms with Crippen molar-refractivity contribution in [3.05, 3.63) is 21.9 Å². The molecule has 6 nitrogen and oxygen atoms in total. The smallest absolute Gasteiger partial charge is 0.264 e. The van der Waals surface area contributed by atoms with Gasteiger partial charge in [0, 0.05) is 26.2 Å². The molecule has 138 valence electrons. The molecule has 2 amide bonds. The Labute approximate surface area is 152 Å². The van der Waals surface area contributed by atoms with Gasteiger partial charge in [-0.25, -0.2) is 0 Å². The largest absolute Gasteiger partial charge is 0.372 e. The summed E-state index contributed by atoms with van der Waals surface area (Å²) < 4.78 is 11.4. The van der Waals surface area contributed by atoms with Gasteiger partial charge in [-0.05, 0) is 39.8 Å². The van der Waals surface area contributed by atoms with Gasteiger partial charge in [0.2, 0.25) is 0 Å². The SMILES string of the molecule is CC1CN(C(=O)c2ccc(C(=O)N3CC(C)OC(C)C3)s2)CC(C)O1. The summed E-state index contributed by atoms with van der Waals surface area (Å²) in [5, 5.41) is 0. The van der Waals surface area contributed by atoms with E-state index in [1.165, 1.54) is 11.3 Å². The molecule has 0 bridgehead atoms. The minimum atomic E-state index is -0.0187. The molecule has 4 atom stereocenters. The summed E-state index contributed by atoms with van der Waals surface area (Å²) >= 11 is 1.28. The number of hydrogen-bond donors (Lipinski definition) is 0. The molecule has 2 aliphatic rings. The quantitative estimate of drug-likeness (QED) is 0.805. The molecule has 1 aromatic heterocycles. The number of nitrogens with zero attached hydrogens (tertiary/aromatic N) is 2. The first-order chi connectivity index (χ1) is 11.8. The monoisotopic (exact) mass is 366 g/mol. The summed E-state index contributed by atoms with van der Waals surface area (Å²) in [5.74, 6) is -0.0375. The van der Waals surface area contributed by atoms with Crippen molar-refractivity contribution in [2.24, 2.45) is 0 Å². The zero-order valence-corrected chi connectivity index (χ0v) is 16.0. The fourth-order valence-electron chi connectivity index (χ4n) is 3.57. The number of hydrogen-bond acceptors (Lipinski definition) is 5. The third kappa shape index (κ3) is 4.22. The van der Waals surface area contributed by atoms with Crippen LogP contribution in [0.25, 0.3) is 0 Å². The number of carbonyl (C=O) groups is 2. The first kappa shape index (κ1) is 18.4. The van der Waals surface area contributed by atoms with E-state index in [4.69, 9.17) is 9.47 Å². The number of amides is 2. The van der Waals surface area contributed by atoms with Crippen molar-refractivity contribution in [2.45, 2.75) is 52.1 Å². The second-order valence-corrected chi connectivity index (χ2v) is 8.18. The van der Waals surface area contributed by atoms with Crippen molar-refractivity contribution in [1.82, 2.24) is 9.80 Å². The summed E-state index contributed by atoms with van der Waals surface area (Å²) in [4.78, 5) is 30.3. The van der Waals surface area contributed by atoms with Crippen LogP contribution in [0.5, 0.6) is 0 Å². The average molecular weight is 366 g/mol.